The molecule has 2 aromatic rings. The molecule has 1 N–H and O–H groups in total. The molecule has 132 valence electrons. The maximum Gasteiger partial charge on any atom is 0.272 e. The van der Waals surface area contributed by atoms with Crippen LogP contribution in [0.25, 0.3) is 0 Å². The molecule has 1 saturated heterocycles. The topological polar surface area (TPSA) is 67.3 Å². The number of halogens is 1. The SMILES string of the molecule is COc1ccc(Cl)cc1Nc1nccc(C(=O)N2CCCC(C)C2)n1. The minimum atomic E-state index is -0.0601. The van der Waals surface area contributed by atoms with E-state index in [2.05, 4.69) is 22.2 Å². The first-order valence-corrected chi connectivity index (χ1v) is 8.67. The smallest absolute Gasteiger partial charge is 0.272 e. The molecule has 2 heterocycles. The molecule has 1 fully saturated rings. The van der Waals surface area contributed by atoms with Crippen LogP contribution >= 0.6 is 11.6 Å². The maximum atomic E-state index is 12.7. The van der Waals surface area contributed by atoms with Gasteiger partial charge in [-0.1, -0.05) is 18.5 Å². The molecule has 0 bridgehead atoms. The van der Waals surface area contributed by atoms with Gasteiger partial charge in [0.2, 0.25) is 5.95 Å². The van der Waals surface area contributed by atoms with Crippen molar-refractivity contribution in [3.63, 3.8) is 0 Å². The van der Waals surface area contributed by atoms with Crippen LogP contribution in [0.5, 0.6) is 5.75 Å². The van der Waals surface area contributed by atoms with Crippen molar-refractivity contribution in [1.29, 1.82) is 0 Å². The highest BCUT2D eigenvalue weighted by Gasteiger charge is 2.23. The number of ether oxygens (including phenoxy) is 1. The summed E-state index contributed by atoms with van der Waals surface area (Å²) >= 11 is 6.04. The fourth-order valence-electron chi connectivity index (χ4n) is 2.97. The number of hydrogen-bond donors (Lipinski definition) is 1. The first-order valence-electron chi connectivity index (χ1n) is 8.29. The summed E-state index contributed by atoms with van der Waals surface area (Å²) in [4.78, 5) is 23.1. The van der Waals surface area contributed by atoms with Gasteiger partial charge in [-0.3, -0.25) is 4.79 Å². The van der Waals surface area contributed by atoms with Crippen LogP contribution in [0.15, 0.2) is 30.5 Å². The number of carbonyl (C=O) groups is 1. The van der Waals surface area contributed by atoms with E-state index in [1.54, 1.807) is 37.6 Å². The molecule has 1 aromatic heterocycles. The largest absolute Gasteiger partial charge is 0.495 e. The van der Waals surface area contributed by atoms with E-state index in [4.69, 9.17) is 16.3 Å². The van der Waals surface area contributed by atoms with Crippen molar-refractivity contribution in [3.05, 3.63) is 41.2 Å². The second-order valence-corrected chi connectivity index (χ2v) is 6.67. The number of benzene rings is 1. The van der Waals surface area contributed by atoms with Gasteiger partial charge < -0.3 is 15.0 Å². The monoisotopic (exact) mass is 360 g/mol. The zero-order chi connectivity index (χ0) is 17.8. The molecule has 25 heavy (non-hydrogen) atoms. The average Bonchev–Trinajstić information content (AvgIpc) is 2.61. The number of likely N-dealkylation sites (tertiary alicyclic amines) is 1. The zero-order valence-electron chi connectivity index (χ0n) is 14.3. The third-order valence-electron chi connectivity index (χ3n) is 4.23. The predicted molar refractivity (Wildman–Crippen MR) is 97.6 cm³/mol. The quantitative estimate of drug-likeness (QED) is 0.899. The summed E-state index contributed by atoms with van der Waals surface area (Å²) in [5, 5.41) is 3.64. The first-order chi connectivity index (χ1) is 12.1. The molecule has 1 atom stereocenters. The molecule has 1 aromatic carbocycles. The van der Waals surface area contributed by atoms with Crippen LogP contribution in [0.1, 0.15) is 30.3 Å². The number of aromatic nitrogens is 2. The van der Waals surface area contributed by atoms with Crippen LogP contribution in [0.3, 0.4) is 0 Å². The van der Waals surface area contributed by atoms with Crippen molar-refractivity contribution in [2.24, 2.45) is 5.92 Å². The van der Waals surface area contributed by atoms with Gasteiger partial charge in [0.1, 0.15) is 11.4 Å². The van der Waals surface area contributed by atoms with Crippen molar-refractivity contribution in [1.82, 2.24) is 14.9 Å². The highest BCUT2D eigenvalue weighted by atomic mass is 35.5. The Balaban J connectivity index is 1.80. The molecule has 0 aliphatic carbocycles. The Hall–Kier alpha value is -2.34. The van der Waals surface area contributed by atoms with Gasteiger partial charge in [0.15, 0.2) is 0 Å². The Labute approximate surface area is 152 Å². The van der Waals surface area contributed by atoms with Gasteiger partial charge in [0.25, 0.3) is 5.91 Å². The number of carbonyl (C=O) groups excluding carboxylic acids is 1. The number of anilines is 2. The lowest BCUT2D eigenvalue weighted by molar-refractivity contribution is 0.0677. The Kier molecular flexibility index (Phi) is 5.38. The number of nitrogens with one attached hydrogen (secondary N) is 1. The second kappa shape index (κ2) is 7.70. The number of rotatable bonds is 4. The van der Waals surface area contributed by atoms with Gasteiger partial charge in [0, 0.05) is 24.3 Å². The fraction of sp³-hybridized carbons (Fsp3) is 0.389. The van der Waals surface area contributed by atoms with E-state index in [-0.39, 0.29) is 5.91 Å². The molecule has 0 radical (unpaired) electrons. The summed E-state index contributed by atoms with van der Waals surface area (Å²) in [5.41, 5.74) is 1.03. The Morgan fingerprint density at radius 3 is 3.00 bits per heavy atom. The van der Waals surface area contributed by atoms with Gasteiger partial charge in [-0.25, -0.2) is 9.97 Å². The predicted octanol–water partition coefficient (Wildman–Crippen LogP) is 3.75. The lowest BCUT2D eigenvalue weighted by atomic mass is 10.00. The van der Waals surface area contributed by atoms with E-state index in [0.717, 1.165) is 25.9 Å². The van der Waals surface area contributed by atoms with E-state index in [1.807, 2.05) is 4.90 Å². The van der Waals surface area contributed by atoms with Crippen LogP contribution in [-0.2, 0) is 0 Å². The molecule has 6 nitrogen and oxygen atoms in total. The van der Waals surface area contributed by atoms with E-state index in [1.165, 1.54) is 0 Å². The molecule has 7 heteroatoms. The van der Waals surface area contributed by atoms with E-state index in [9.17, 15) is 4.79 Å². The molecule has 1 amide bonds. The fourth-order valence-corrected chi connectivity index (χ4v) is 3.14. The van der Waals surface area contributed by atoms with Crippen molar-refractivity contribution in [2.75, 3.05) is 25.5 Å². The molecule has 1 aliphatic heterocycles. The number of amides is 1. The molecule has 3 rings (SSSR count). The molecule has 1 unspecified atom stereocenters. The Bertz CT molecular complexity index is 768. The summed E-state index contributed by atoms with van der Waals surface area (Å²) in [6, 6.07) is 6.87. The summed E-state index contributed by atoms with van der Waals surface area (Å²) < 4.78 is 5.31. The molecular formula is C18H21ClN4O2. The zero-order valence-corrected chi connectivity index (χ0v) is 15.1. The number of methoxy groups -OCH3 is 1. The third-order valence-corrected chi connectivity index (χ3v) is 4.46. The lowest BCUT2D eigenvalue weighted by Crippen LogP contribution is -2.39. The molecule has 0 spiro atoms. The van der Waals surface area contributed by atoms with Crippen molar-refractivity contribution >= 4 is 29.1 Å². The number of hydrogen-bond acceptors (Lipinski definition) is 5. The van der Waals surface area contributed by atoms with Gasteiger partial charge in [-0.05, 0) is 43.0 Å². The van der Waals surface area contributed by atoms with Crippen molar-refractivity contribution in [3.8, 4) is 5.75 Å². The molecule has 1 aliphatic rings. The maximum absolute atomic E-state index is 12.7. The highest BCUT2D eigenvalue weighted by molar-refractivity contribution is 6.31. The minimum absolute atomic E-state index is 0.0601. The van der Waals surface area contributed by atoms with Gasteiger partial charge in [-0.2, -0.15) is 0 Å². The first kappa shape index (κ1) is 17.5. The highest BCUT2D eigenvalue weighted by Crippen LogP contribution is 2.29. The summed E-state index contributed by atoms with van der Waals surface area (Å²) in [7, 11) is 1.58. The Morgan fingerprint density at radius 2 is 2.24 bits per heavy atom. The number of nitrogens with zero attached hydrogens (tertiary/aromatic N) is 3. The Morgan fingerprint density at radius 1 is 1.40 bits per heavy atom. The number of piperidine rings is 1. The lowest BCUT2D eigenvalue weighted by Gasteiger charge is -2.30. The van der Waals surface area contributed by atoms with E-state index < -0.39 is 0 Å². The van der Waals surface area contributed by atoms with Crippen LogP contribution in [-0.4, -0.2) is 41.0 Å². The minimum Gasteiger partial charge on any atom is -0.495 e. The van der Waals surface area contributed by atoms with Gasteiger partial charge in [0.05, 0.1) is 12.8 Å². The average molecular weight is 361 g/mol. The van der Waals surface area contributed by atoms with Crippen molar-refractivity contribution < 1.29 is 9.53 Å². The van der Waals surface area contributed by atoms with E-state index in [0.29, 0.717) is 34.0 Å². The molecular weight excluding hydrogens is 340 g/mol. The summed E-state index contributed by atoms with van der Waals surface area (Å²) in [6.45, 7) is 3.71. The normalized spacial score (nSPS) is 17.2. The van der Waals surface area contributed by atoms with Crippen LogP contribution in [0.2, 0.25) is 5.02 Å². The van der Waals surface area contributed by atoms with Crippen LogP contribution in [0.4, 0.5) is 11.6 Å². The van der Waals surface area contributed by atoms with Crippen molar-refractivity contribution in [2.45, 2.75) is 19.8 Å². The van der Waals surface area contributed by atoms with Gasteiger partial charge >= 0.3 is 0 Å². The molecule has 0 saturated carbocycles. The van der Waals surface area contributed by atoms with Crippen LogP contribution in [0, 0.1) is 5.92 Å². The summed E-state index contributed by atoms with van der Waals surface area (Å²) in [6.07, 6.45) is 3.77. The van der Waals surface area contributed by atoms with Gasteiger partial charge in [-0.15, -0.1) is 0 Å². The van der Waals surface area contributed by atoms with Crippen LogP contribution < -0.4 is 10.1 Å². The standard InChI is InChI=1S/C18H21ClN4O2/c1-12-4-3-9-23(11-12)17(24)14-7-8-20-18(21-14)22-15-10-13(19)5-6-16(15)25-2/h5-8,10,12H,3-4,9,11H2,1-2H3,(H,20,21,22). The third kappa shape index (κ3) is 4.20. The van der Waals surface area contributed by atoms with E-state index >= 15 is 0 Å². The summed E-state index contributed by atoms with van der Waals surface area (Å²) in [5.74, 6) is 1.41. The second-order valence-electron chi connectivity index (χ2n) is 6.23.